The van der Waals surface area contributed by atoms with Crippen LogP contribution in [0.3, 0.4) is 0 Å². The Bertz CT molecular complexity index is 642. The first-order valence-corrected chi connectivity index (χ1v) is 6.77. The van der Waals surface area contributed by atoms with Crippen molar-refractivity contribution in [2.75, 3.05) is 0 Å². The van der Waals surface area contributed by atoms with E-state index in [0.717, 1.165) is 12.8 Å². The molecule has 20 heavy (non-hydrogen) atoms. The standard InChI is InChI=1S/C15H16N2O3/c1-15(8-4-5-9-15)14-17-16-12(20-14)10-6-2-3-7-11(10)13(18)19/h2-3,6-7H,4-5,8-9H2,1H3,(H,18,19). The van der Waals surface area contributed by atoms with Gasteiger partial charge < -0.3 is 9.52 Å². The third-order valence-corrected chi connectivity index (χ3v) is 4.04. The molecule has 0 saturated heterocycles. The molecule has 0 amide bonds. The predicted octanol–water partition coefficient (Wildman–Crippen LogP) is 3.27. The Hall–Kier alpha value is -2.17. The number of hydrogen-bond acceptors (Lipinski definition) is 4. The van der Waals surface area contributed by atoms with Crippen molar-refractivity contribution >= 4 is 5.97 Å². The highest BCUT2D eigenvalue weighted by Crippen LogP contribution is 2.40. The summed E-state index contributed by atoms with van der Waals surface area (Å²) in [5.74, 6) is -0.0938. The van der Waals surface area contributed by atoms with Crippen molar-refractivity contribution < 1.29 is 14.3 Å². The molecule has 1 N–H and O–H groups in total. The van der Waals surface area contributed by atoms with E-state index in [2.05, 4.69) is 17.1 Å². The van der Waals surface area contributed by atoms with Gasteiger partial charge in [0.1, 0.15) is 0 Å². The molecule has 1 aliphatic rings. The Morgan fingerprint density at radius 2 is 1.95 bits per heavy atom. The summed E-state index contributed by atoms with van der Waals surface area (Å²) < 4.78 is 5.76. The summed E-state index contributed by atoms with van der Waals surface area (Å²) >= 11 is 0. The predicted molar refractivity (Wildman–Crippen MR) is 72.5 cm³/mol. The number of aromatic nitrogens is 2. The number of nitrogens with zero attached hydrogens (tertiary/aromatic N) is 2. The maximum Gasteiger partial charge on any atom is 0.336 e. The molecule has 1 saturated carbocycles. The minimum Gasteiger partial charge on any atom is -0.478 e. The highest BCUT2D eigenvalue weighted by atomic mass is 16.4. The van der Waals surface area contributed by atoms with Crippen molar-refractivity contribution in [3.63, 3.8) is 0 Å². The number of benzene rings is 1. The molecule has 0 unspecified atom stereocenters. The summed E-state index contributed by atoms with van der Waals surface area (Å²) in [5.41, 5.74) is 0.586. The zero-order valence-corrected chi connectivity index (χ0v) is 11.3. The Labute approximate surface area is 116 Å². The van der Waals surface area contributed by atoms with Gasteiger partial charge in [-0.25, -0.2) is 4.79 Å². The zero-order chi connectivity index (χ0) is 14.2. The molecule has 0 bridgehead atoms. The van der Waals surface area contributed by atoms with Gasteiger partial charge in [0, 0.05) is 5.41 Å². The Morgan fingerprint density at radius 1 is 1.25 bits per heavy atom. The van der Waals surface area contributed by atoms with Gasteiger partial charge in [0.2, 0.25) is 11.8 Å². The molecular formula is C15H16N2O3. The molecule has 0 aliphatic heterocycles. The summed E-state index contributed by atoms with van der Waals surface area (Å²) in [4.78, 5) is 11.2. The van der Waals surface area contributed by atoms with Crippen LogP contribution in [-0.2, 0) is 5.41 Å². The first-order valence-electron chi connectivity index (χ1n) is 6.77. The van der Waals surface area contributed by atoms with Gasteiger partial charge >= 0.3 is 5.97 Å². The van der Waals surface area contributed by atoms with E-state index in [1.54, 1.807) is 24.3 Å². The summed E-state index contributed by atoms with van der Waals surface area (Å²) in [6, 6.07) is 6.68. The SMILES string of the molecule is CC1(c2nnc(-c3ccccc3C(=O)O)o2)CCCC1. The van der Waals surface area contributed by atoms with Gasteiger partial charge in [-0.2, -0.15) is 0 Å². The van der Waals surface area contributed by atoms with E-state index in [1.807, 2.05) is 0 Å². The fourth-order valence-electron chi connectivity index (χ4n) is 2.80. The zero-order valence-electron chi connectivity index (χ0n) is 11.3. The average Bonchev–Trinajstić information content (AvgIpc) is 3.08. The minimum absolute atomic E-state index is 0.0661. The molecule has 2 aromatic rings. The summed E-state index contributed by atoms with van der Waals surface area (Å²) in [6.07, 6.45) is 4.41. The van der Waals surface area contributed by atoms with Gasteiger partial charge in [0.05, 0.1) is 11.1 Å². The van der Waals surface area contributed by atoms with E-state index in [-0.39, 0.29) is 16.9 Å². The number of hydrogen-bond donors (Lipinski definition) is 1. The van der Waals surface area contributed by atoms with E-state index < -0.39 is 5.97 Å². The molecule has 3 rings (SSSR count). The quantitative estimate of drug-likeness (QED) is 0.928. The topological polar surface area (TPSA) is 76.2 Å². The van der Waals surface area contributed by atoms with Crippen molar-refractivity contribution in [1.29, 1.82) is 0 Å². The number of rotatable bonds is 3. The lowest BCUT2D eigenvalue weighted by Crippen LogP contribution is -2.17. The van der Waals surface area contributed by atoms with Crippen molar-refractivity contribution in [3.05, 3.63) is 35.7 Å². The van der Waals surface area contributed by atoms with E-state index in [0.29, 0.717) is 11.5 Å². The minimum atomic E-state index is -0.993. The van der Waals surface area contributed by atoms with Crippen LogP contribution in [0.25, 0.3) is 11.5 Å². The van der Waals surface area contributed by atoms with Crippen molar-refractivity contribution in [3.8, 4) is 11.5 Å². The largest absolute Gasteiger partial charge is 0.478 e. The second-order valence-corrected chi connectivity index (χ2v) is 5.53. The van der Waals surface area contributed by atoms with E-state index in [1.165, 1.54) is 12.8 Å². The highest BCUT2D eigenvalue weighted by molar-refractivity contribution is 5.94. The molecule has 104 valence electrons. The van der Waals surface area contributed by atoms with E-state index >= 15 is 0 Å². The molecule has 1 heterocycles. The Kier molecular flexibility index (Phi) is 3.04. The van der Waals surface area contributed by atoms with Crippen LogP contribution in [0.15, 0.2) is 28.7 Å². The summed E-state index contributed by atoms with van der Waals surface area (Å²) in [6.45, 7) is 2.13. The number of carboxylic acids is 1. The molecule has 0 radical (unpaired) electrons. The molecule has 0 atom stereocenters. The third-order valence-electron chi connectivity index (χ3n) is 4.04. The van der Waals surface area contributed by atoms with Crippen LogP contribution >= 0.6 is 0 Å². The maximum absolute atomic E-state index is 11.2. The summed E-state index contributed by atoms with van der Waals surface area (Å²) in [7, 11) is 0. The van der Waals surface area contributed by atoms with Crippen LogP contribution in [0.1, 0.15) is 48.9 Å². The van der Waals surface area contributed by atoms with Crippen molar-refractivity contribution in [1.82, 2.24) is 10.2 Å². The van der Waals surface area contributed by atoms with Crippen molar-refractivity contribution in [2.24, 2.45) is 0 Å². The van der Waals surface area contributed by atoms with Gasteiger partial charge in [0.25, 0.3) is 0 Å². The molecule has 5 nitrogen and oxygen atoms in total. The van der Waals surface area contributed by atoms with Crippen LogP contribution in [0.4, 0.5) is 0 Å². The van der Waals surface area contributed by atoms with Gasteiger partial charge in [0.15, 0.2) is 0 Å². The molecule has 1 aromatic carbocycles. The van der Waals surface area contributed by atoms with E-state index in [9.17, 15) is 9.90 Å². The van der Waals surface area contributed by atoms with Crippen LogP contribution in [-0.4, -0.2) is 21.3 Å². The molecule has 1 aromatic heterocycles. The van der Waals surface area contributed by atoms with Crippen LogP contribution in [0.5, 0.6) is 0 Å². The average molecular weight is 272 g/mol. The molecular weight excluding hydrogens is 256 g/mol. The normalized spacial score (nSPS) is 17.2. The number of carbonyl (C=O) groups is 1. The smallest absolute Gasteiger partial charge is 0.336 e. The fraction of sp³-hybridized carbons (Fsp3) is 0.400. The second kappa shape index (κ2) is 4.74. The summed E-state index contributed by atoms with van der Waals surface area (Å²) in [5, 5.41) is 17.4. The van der Waals surface area contributed by atoms with E-state index in [4.69, 9.17) is 4.42 Å². The molecule has 0 spiro atoms. The monoisotopic (exact) mass is 272 g/mol. The first kappa shape index (κ1) is 12.8. The van der Waals surface area contributed by atoms with Crippen LogP contribution < -0.4 is 0 Å². The Morgan fingerprint density at radius 3 is 2.65 bits per heavy atom. The highest BCUT2D eigenvalue weighted by Gasteiger charge is 2.36. The van der Waals surface area contributed by atoms with Crippen LogP contribution in [0.2, 0.25) is 0 Å². The lowest BCUT2D eigenvalue weighted by molar-refractivity contribution is 0.0697. The van der Waals surface area contributed by atoms with Gasteiger partial charge in [-0.1, -0.05) is 31.9 Å². The molecule has 1 aliphatic carbocycles. The second-order valence-electron chi connectivity index (χ2n) is 5.53. The molecule has 1 fully saturated rings. The lowest BCUT2D eigenvalue weighted by atomic mass is 9.89. The maximum atomic E-state index is 11.2. The third kappa shape index (κ3) is 2.09. The van der Waals surface area contributed by atoms with Gasteiger partial charge in [-0.3, -0.25) is 0 Å². The van der Waals surface area contributed by atoms with Crippen molar-refractivity contribution in [2.45, 2.75) is 38.0 Å². The van der Waals surface area contributed by atoms with Gasteiger partial charge in [-0.15, -0.1) is 10.2 Å². The number of aromatic carboxylic acids is 1. The number of carboxylic acid groups (broad SMARTS) is 1. The molecule has 5 heteroatoms. The fourth-order valence-corrected chi connectivity index (χ4v) is 2.80. The Balaban J connectivity index is 2.00. The van der Waals surface area contributed by atoms with Crippen LogP contribution in [0, 0.1) is 0 Å². The van der Waals surface area contributed by atoms with Gasteiger partial charge in [-0.05, 0) is 25.0 Å². The lowest BCUT2D eigenvalue weighted by Gasteiger charge is -2.17. The first-order chi connectivity index (χ1) is 9.60.